The summed E-state index contributed by atoms with van der Waals surface area (Å²) in [5.74, 6) is -0.180. The van der Waals surface area contributed by atoms with E-state index in [-0.39, 0.29) is 10.8 Å². The molecule has 0 bridgehead atoms. The minimum Gasteiger partial charge on any atom is -0.352 e. The van der Waals surface area contributed by atoms with Gasteiger partial charge in [0.05, 0.1) is 28.0 Å². The van der Waals surface area contributed by atoms with E-state index in [9.17, 15) is 13.2 Å². The zero-order valence-corrected chi connectivity index (χ0v) is 16.3. The Labute approximate surface area is 164 Å². The van der Waals surface area contributed by atoms with Gasteiger partial charge in [0, 0.05) is 6.54 Å². The molecular formula is C20H22N4O3S. The van der Waals surface area contributed by atoms with Gasteiger partial charge in [-0.2, -0.15) is 5.10 Å². The first kappa shape index (κ1) is 19.8. The lowest BCUT2D eigenvalue weighted by atomic mass is 10.1. The van der Waals surface area contributed by atoms with E-state index < -0.39 is 10.0 Å². The highest BCUT2D eigenvalue weighted by Gasteiger charge is 2.16. The third-order valence-electron chi connectivity index (χ3n) is 4.40. The Balaban J connectivity index is 1.65. The van der Waals surface area contributed by atoms with Gasteiger partial charge in [0.25, 0.3) is 5.91 Å². The van der Waals surface area contributed by atoms with Crippen LogP contribution in [0.25, 0.3) is 5.69 Å². The fourth-order valence-electron chi connectivity index (χ4n) is 2.96. The van der Waals surface area contributed by atoms with Crippen molar-refractivity contribution < 1.29 is 13.2 Å². The number of benzene rings is 2. The smallest absolute Gasteiger partial charge is 0.254 e. The maximum absolute atomic E-state index is 12.6. The van der Waals surface area contributed by atoms with Crippen molar-refractivity contribution >= 4 is 15.9 Å². The van der Waals surface area contributed by atoms with Crippen molar-refractivity contribution in [2.75, 3.05) is 6.54 Å². The summed E-state index contributed by atoms with van der Waals surface area (Å²) in [4.78, 5) is 12.7. The van der Waals surface area contributed by atoms with Crippen LogP contribution in [0.5, 0.6) is 0 Å². The van der Waals surface area contributed by atoms with Crippen LogP contribution in [0.3, 0.4) is 0 Å². The first-order valence-corrected chi connectivity index (χ1v) is 10.5. The molecule has 0 aliphatic rings. The Morgan fingerprint density at radius 1 is 1.11 bits per heavy atom. The van der Waals surface area contributed by atoms with Crippen molar-refractivity contribution in [3.8, 4) is 5.69 Å². The van der Waals surface area contributed by atoms with Crippen LogP contribution in [-0.2, 0) is 22.9 Å². The molecule has 8 heteroatoms. The summed E-state index contributed by atoms with van der Waals surface area (Å²) < 4.78 is 24.3. The van der Waals surface area contributed by atoms with Crippen LogP contribution in [0.4, 0.5) is 0 Å². The SMILES string of the molecule is CCc1c(C(=O)NCCc2ccc(S(N)(=O)=O)cc2)cnn1-c1ccccc1. The standard InChI is InChI=1S/C20H22N4O3S/c1-2-19-18(14-23-24(19)16-6-4-3-5-7-16)20(25)22-13-12-15-8-10-17(11-9-15)28(21,26)27/h3-11,14H,2,12-13H2,1H3,(H,22,25)(H2,21,26,27). The van der Waals surface area contributed by atoms with Crippen molar-refractivity contribution in [3.63, 3.8) is 0 Å². The van der Waals surface area contributed by atoms with Gasteiger partial charge in [0.15, 0.2) is 0 Å². The normalized spacial score (nSPS) is 11.4. The number of nitrogens with two attached hydrogens (primary N) is 1. The van der Waals surface area contributed by atoms with Gasteiger partial charge in [0.1, 0.15) is 0 Å². The molecule has 146 valence electrons. The van der Waals surface area contributed by atoms with E-state index in [2.05, 4.69) is 10.4 Å². The summed E-state index contributed by atoms with van der Waals surface area (Å²) >= 11 is 0. The van der Waals surface area contributed by atoms with Gasteiger partial charge in [-0.1, -0.05) is 37.3 Å². The molecule has 0 spiro atoms. The molecule has 0 unspecified atom stereocenters. The van der Waals surface area contributed by atoms with E-state index in [4.69, 9.17) is 5.14 Å². The largest absolute Gasteiger partial charge is 0.352 e. The first-order chi connectivity index (χ1) is 13.4. The van der Waals surface area contributed by atoms with Crippen LogP contribution >= 0.6 is 0 Å². The number of carbonyl (C=O) groups excluding carboxylic acids is 1. The average Bonchev–Trinajstić information content (AvgIpc) is 3.12. The molecule has 7 nitrogen and oxygen atoms in total. The zero-order valence-electron chi connectivity index (χ0n) is 15.5. The predicted octanol–water partition coefficient (Wildman–Crippen LogP) is 2.05. The molecule has 0 saturated heterocycles. The second kappa shape index (κ2) is 8.37. The Morgan fingerprint density at radius 3 is 2.39 bits per heavy atom. The van der Waals surface area contributed by atoms with E-state index >= 15 is 0 Å². The predicted molar refractivity (Wildman–Crippen MR) is 107 cm³/mol. The maximum atomic E-state index is 12.6. The molecule has 0 saturated carbocycles. The minimum atomic E-state index is -3.70. The van der Waals surface area contributed by atoms with Gasteiger partial charge in [0.2, 0.25) is 10.0 Å². The number of sulfonamides is 1. The summed E-state index contributed by atoms with van der Waals surface area (Å²) in [6, 6.07) is 16.0. The quantitative estimate of drug-likeness (QED) is 0.635. The van der Waals surface area contributed by atoms with Crippen LogP contribution < -0.4 is 10.5 Å². The Kier molecular flexibility index (Phi) is 5.91. The Hall–Kier alpha value is -2.97. The Bertz CT molecular complexity index is 1060. The van der Waals surface area contributed by atoms with Gasteiger partial charge >= 0.3 is 0 Å². The van der Waals surface area contributed by atoms with Crippen LogP contribution in [0.15, 0.2) is 65.7 Å². The number of primary sulfonamides is 1. The number of para-hydroxylation sites is 1. The minimum absolute atomic E-state index is 0.0706. The molecule has 0 aliphatic heterocycles. The molecular weight excluding hydrogens is 376 g/mol. The number of amides is 1. The summed E-state index contributed by atoms with van der Waals surface area (Å²) in [7, 11) is -3.70. The summed E-state index contributed by atoms with van der Waals surface area (Å²) in [5, 5.41) is 12.4. The number of nitrogens with zero attached hydrogens (tertiary/aromatic N) is 2. The van der Waals surface area contributed by atoms with Crippen molar-refractivity contribution in [2.45, 2.75) is 24.7 Å². The zero-order chi connectivity index (χ0) is 20.1. The molecule has 2 aromatic carbocycles. The highest BCUT2D eigenvalue weighted by Crippen LogP contribution is 2.16. The van der Waals surface area contributed by atoms with E-state index in [0.29, 0.717) is 24.9 Å². The number of carbonyl (C=O) groups is 1. The highest BCUT2D eigenvalue weighted by molar-refractivity contribution is 7.89. The fourth-order valence-corrected chi connectivity index (χ4v) is 3.47. The lowest BCUT2D eigenvalue weighted by molar-refractivity contribution is 0.0953. The third kappa shape index (κ3) is 4.47. The lowest BCUT2D eigenvalue weighted by Gasteiger charge is -2.09. The summed E-state index contributed by atoms with van der Waals surface area (Å²) in [5.41, 5.74) is 3.22. The van der Waals surface area contributed by atoms with Gasteiger partial charge in [-0.3, -0.25) is 4.79 Å². The van der Waals surface area contributed by atoms with Crippen LogP contribution in [-0.4, -0.2) is 30.7 Å². The molecule has 0 fully saturated rings. The van der Waals surface area contributed by atoms with Crippen LogP contribution in [0, 0.1) is 0 Å². The topological polar surface area (TPSA) is 107 Å². The molecule has 0 aliphatic carbocycles. The average molecular weight is 398 g/mol. The number of hydrogen-bond acceptors (Lipinski definition) is 4. The highest BCUT2D eigenvalue weighted by atomic mass is 32.2. The lowest BCUT2D eigenvalue weighted by Crippen LogP contribution is -2.26. The monoisotopic (exact) mass is 398 g/mol. The molecule has 3 rings (SSSR count). The molecule has 3 aromatic rings. The van der Waals surface area contributed by atoms with Crippen molar-refractivity contribution in [1.29, 1.82) is 0 Å². The van der Waals surface area contributed by atoms with Gasteiger partial charge in [-0.15, -0.1) is 0 Å². The number of aromatic nitrogens is 2. The summed E-state index contributed by atoms with van der Waals surface area (Å²) in [6.07, 6.45) is 2.83. The third-order valence-corrected chi connectivity index (χ3v) is 5.33. The van der Waals surface area contributed by atoms with Crippen LogP contribution in [0.2, 0.25) is 0 Å². The molecule has 0 radical (unpaired) electrons. The molecule has 0 atom stereocenters. The van der Waals surface area contributed by atoms with E-state index in [1.54, 1.807) is 23.0 Å². The maximum Gasteiger partial charge on any atom is 0.254 e. The van der Waals surface area contributed by atoms with Gasteiger partial charge in [-0.05, 0) is 42.7 Å². The van der Waals surface area contributed by atoms with E-state index in [0.717, 1.165) is 16.9 Å². The molecule has 1 heterocycles. The first-order valence-electron chi connectivity index (χ1n) is 8.92. The number of rotatable bonds is 7. The molecule has 28 heavy (non-hydrogen) atoms. The number of hydrogen-bond donors (Lipinski definition) is 2. The van der Waals surface area contributed by atoms with Gasteiger partial charge in [-0.25, -0.2) is 18.2 Å². The van der Waals surface area contributed by atoms with E-state index in [1.165, 1.54) is 12.1 Å². The van der Waals surface area contributed by atoms with Crippen molar-refractivity contribution in [1.82, 2.24) is 15.1 Å². The van der Waals surface area contributed by atoms with Gasteiger partial charge < -0.3 is 5.32 Å². The number of nitrogens with one attached hydrogen (secondary N) is 1. The van der Waals surface area contributed by atoms with Crippen LogP contribution in [0.1, 0.15) is 28.5 Å². The molecule has 1 aromatic heterocycles. The molecule has 1 amide bonds. The molecule has 3 N–H and O–H groups in total. The van der Waals surface area contributed by atoms with E-state index in [1.807, 2.05) is 37.3 Å². The Morgan fingerprint density at radius 2 is 1.79 bits per heavy atom. The van der Waals surface area contributed by atoms with Crippen molar-refractivity contribution in [3.05, 3.63) is 77.6 Å². The van der Waals surface area contributed by atoms with Crippen molar-refractivity contribution in [2.24, 2.45) is 5.14 Å². The fraction of sp³-hybridized carbons (Fsp3) is 0.200. The second-order valence-corrected chi connectivity index (χ2v) is 7.86. The second-order valence-electron chi connectivity index (χ2n) is 6.30. The summed E-state index contributed by atoms with van der Waals surface area (Å²) in [6.45, 7) is 2.41.